The summed E-state index contributed by atoms with van der Waals surface area (Å²) in [4.78, 5) is 12.0. The molecule has 0 fully saturated rings. The molecule has 1 aliphatic carbocycles. The smallest absolute Gasteiger partial charge is 0.193 e. The maximum absolute atomic E-state index is 12.0. The standard InChI is InChI=1S/C11H8N2OS/c14-10-7-4-2-1-3-6(7)9-8(10)5-12-11(15)13-9/h1-4H,5H2,(H2,12,13,15). The van der Waals surface area contributed by atoms with Crippen LogP contribution in [0.25, 0.3) is 5.70 Å². The lowest BCUT2D eigenvalue weighted by Crippen LogP contribution is -2.40. The SMILES string of the molecule is O=C1C2=C(NC(=S)NC2)c2ccccc21. The topological polar surface area (TPSA) is 41.1 Å². The van der Waals surface area contributed by atoms with Gasteiger partial charge in [0.25, 0.3) is 0 Å². The van der Waals surface area contributed by atoms with Crippen molar-refractivity contribution in [3.05, 3.63) is 41.0 Å². The Morgan fingerprint density at radius 1 is 1.20 bits per heavy atom. The van der Waals surface area contributed by atoms with E-state index in [1.165, 1.54) is 0 Å². The molecule has 0 saturated carbocycles. The average molecular weight is 216 g/mol. The minimum atomic E-state index is 0.100. The number of rotatable bonds is 0. The van der Waals surface area contributed by atoms with Gasteiger partial charge >= 0.3 is 0 Å². The Balaban J connectivity index is 2.21. The molecule has 4 heteroatoms. The van der Waals surface area contributed by atoms with Crippen molar-refractivity contribution in [1.29, 1.82) is 0 Å². The summed E-state index contributed by atoms with van der Waals surface area (Å²) in [5.41, 5.74) is 3.38. The number of carbonyl (C=O) groups excluding carboxylic acids is 1. The molecule has 1 heterocycles. The number of benzene rings is 1. The van der Waals surface area contributed by atoms with E-state index in [-0.39, 0.29) is 5.78 Å². The monoisotopic (exact) mass is 216 g/mol. The molecule has 1 aromatic rings. The van der Waals surface area contributed by atoms with E-state index in [1.54, 1.807) is 0 Å². The molecule has 3 nitrogen and oxygen atoms in total. The fourth-order valence-corrected chi connectivity index (χ4v) is 2.15. The van der Waals surface area contributed by atoms with Crippen molar-refractivity contribution in [2.24, 2.45) is 0 Å². The number of hydrogen-bond acceptors (Lipinski definition) is 2. The molecule has 0 saturated heterocycles. The third-order valence-corrected chi connectivity index (χ3v) is 2.93. The fraction of sp³-hybridized carbons (Fsp3) is 0.0909. The first-order valence-electron chi connectivity index (χ1n) is 4.69. The van der Waals surface area contributed by atoms with Crippen molar-refractivity contribution in [3.63, 3.8) is 0 Å². The molecule has 0 radical (unpaired) electrons. The zero-order chi connectivity index (χ0) is 10.4. The van der Waals surface area contributed by atoms with Gasteiger partial charge in [0.1, 0.15) is 0 Å². The van der Waals surface area contributed by atoms with Crippen molar-refractivity contribution in [2.45, 2.75) is 0 Å². The van der Waals surface area contributed by atoms with E-state index in [4.69, 9.17) is 12.2 Å². The van der Waals surface area contributed by atoms with Gasteiger partial charge in [-0.25, -0.2) is 0 Å². The summed E-state index contributed by atoms with van der Waals surface area (Å²) in [5, 5.41) is 6.59. The van der Waals surface area contributed by atoms with Crippen molar-refractivity contribution in [3.8, 4) is 0 Å². The quantitative estimate of drug-likeness (QED) is 0.637. The van der Waals surface area contributed by atoms with Crippen LogP contribution in [0, 0.1) is 0 Å². The third-order valence-electron chi connectivity index (χ3n) is 2.68. The number of thiocarbonyl (C=S) groups is 1. The van der Waals surface area contributed by atoms with Gasteiger partial charge in [0, 0.05) is 23.2 Å². The highest BCUT2D eigenvalue weighted by Gasteiger charge is 2.31. The molecule has 74 valence electrons. The summed E-state index contributed by atoms with van der Waals surface area (Å²) < 4.78 is 0. The molecular formula is C11H8N2OS. The normalized spacial score (nSPS) is 18.1. The molecule has 2 N–H and O–H groups in total. The van der Waals surface area contributed by atoms with Crippen LogP contribution in [0.4, 0.5) is 0 Å². The van der Waals surface area contributed by atoms with Crippen LogP contribution < -0.4 is 10.6 Å². The first-order chi connectivity index (χ1) is 7.27. The van der Waals surface area contributed by atoms with E-state index in [9.17, 15) is 4.79 Å². The highest BCUT2D eigenvalue weighted by atomic mass is 32.1. The highest BCUT2D eigenvalue weighted by molar-refractivity contribution is 7.80. The van der Waals surface area contributed by atoms with Crippen molar-refractivity contribution < 1.29 is 4.79 Å². The van der Waals surface area contributed by atoms with Crippen molar-refractivity contribution in [1.82, 2.24) is 10.6 Å². The zero-order valence-corrected chi connectivity index (χ0v) is 8.65. The van der Waals surface area contributed by atoms with Crippen molar-refractivity contribution in [2.75, 3.05) is 6.54 Å². The molecule has 0 atom stereocenters. The molecule has 0 aromatic heterocycles. The highest BCUT2D eigenvalue weighted by Crippen LogP contribution is 2.31. The van der Waals surface area contributed by atoms with E-state index >= 15 is 0 Å². The van der Waals surface area contributed by atoms with Crippen LogP contribution in [0.15, 0.2) is 29.8 Å². The molecule has 0 amide bonds. The maximum atomic E-state index is 12.0. The van der Waals surface area contributed by atoms with Gasteiger partial charge in [0.2, 0.25) is 0 Å². The maximum Gasteiger partial charge on any atom is 0.193 e. The predicted octanol–water partition coefficient (Wildman–Crippen LogP) is 1.07. The lowest BCUT2D eigenvalue weighted by atomic mass is 10.1. The van der Waals surface area contributed by atoms with Gasteiger partial charge in [0.05, 0.1) is 5.70 Å². The van der Waals surface area contributed by atoms with Crippen LogP contribution in [0.3, 0.4) is 0 Å². The summed E-state index contributed by atoms with van der Waals surface area (Å²) >= 11 is 5.03. The Kier molecular flexibility index (Phi) is 1.67. The fourth-order valence-electron chi connectivity index (χ4n) is 1.98. The third kappa shape index (κ3) is 1.11. The summed E-state index contributed by atoms with van der Waals surface area (Å²) in [5.74, 6) is 0.100. The molecule has 0 spiro atoms. The molecule has 0 unspecified atom stereocenters. The van der Waals surface area contributed by atoms with Gasteiger partial charge in [-0.2, -0.15) is 0 Å². The first kappa shape index (κ1) is 8.61. The Labute approximate surface area is 92.2 Å². The Hall–Kier alpha value is -1.68. The number of nitrogens with one attached hydrogen (secondary N) is 2. The van der Waals surface area contributed by atoms with E-state index in [2.05, 4.69) is 10.6 Å². The molecule has 2 aliphatic rings. The molecule has 15 heavy (non-hydrogen) atoms. The lowest BCUT2D eigenvalue weighted by Gasteiger charge is -2.18. The lowest BCUT2D eigenvalue weighted by molar-refractivity contribution is 0.103. The van der Waals surface area contributed by atoms with E-state index in [0.29, 0.717) is 11.7 Å². The summed E-state index contributed by atoms with van der Waals surface area (Å²) in [6.07, 6.45) is 0. The van der Waals surface area contributed by atoms with E-state index < -0.39 is 0 Å². The molecule has 3 rings (SSSR count). The predicted molar refractivity (Wildman–Crippen MR) is 61.4 cm³/mol. The molecule has 1 aromatic carbocycles. The van der Waals surface area contributed by atoms with E-state index in [0.717, 1.165) is 22.4 Å². The van der Waals surface area contributed by atoms with Crippen LogP contribution in [-0.2, 0) is 0 Å². The zero-order valence-electron chi connectivity index (χ0n) is 7.83. The number of hydrogen-bond donors (Lipinski definition) is 2. The largest absolute Gasteiger partial charge is 0.358 e. The van der Waals surface area contributed by atoms with E-state index in [1.807, 2.05) is 24.3 Å². The second-order valence-electron chi connectivity index (χ2n) is 3.54. The second kappa shape index (κ2) is 2.90. The minimum Gasteiger partial charge on any atom is -0.358 e. The van der Waals surface area contributed by atoms with Crippen LogP contribution in [-0.4, -0.2) is 17.4 Å². The van der Waals surface area contributed by atoms with Crippen LogP contribution in [0.1, 0.15) is 15.9 Å². The van der Waals surface area contributed by atoms with Gasteiger partial charge < -0.3 is 10.6 Å². The minimum absolute atomic E-state index is 0.100. The number of carbonyl (C=O) groups is 1. The second-order valence-corrected chi connectivity index (χ2v) is 3.94. The molecule has 1 aliphatic heterocycles. The summed E-state index contributed by atoms with van der Waals surface area (Å²) in [7, 11) is 0. The number of Topliss-reactive ketones (excluding diaryl/α,β-unsaturated/α-hetero) is 1. The molecular weight excluding hydrogens is 208 g/mol. The summed E-state index contributed by atoms with van der Waals surface area (Å²) in [6, 6.07) is 7.59. The van der Waals surface area contributed by atoms with Crippen LogP contribution >= 0.6 is 12.2 Å². The van der Waals surface area contributed by atoms with Crippen LogP contribution in [0.2, 0.25) is 0 Å². The molecule has 0 bridgehead atoms. The van der Waals surface area contributed by atoms with Gasteiger partial charge in [0.15, 0.2) is 10.9 Å². The van der Waals surface area contributed by atoms with Gasteiger partial charge in [-0.3, -0.25) is 4.79 Å². The Morgan fingerprint density at radius 3 is 2.73 bits per heavy atom. The average Bonchev–Trinajstić information content (AvgIpc) is 2.54. The Bertz CT molecular complexity index is 519. The van der Waals surface area contributed by atoms with Crippen molar-refractivity contribution >= 4 is 28.8 Å². The van der Waals surface area contributed by atoms with Gasteiger partial charge in [-0.15, -0.1) is 0 Å². The van der Waals surface area contributed by atoms with Gasteiger partial charge in [-0.05, 0) is 12.2 Å². The Morgan fingerprint density at radius 2 is 1.93 bits per heavy atom. The number of fused-ring (bicyclic) bond motifs is 2. The van der Waals surface area contributed by atoms with Gasteiger partial charge in [-0.1, -0.05) is 24.3 Å². The summed E-state index contributed by atoms with van der Waals surface area (Å²) in [6.45, 7) is 0.523. The number of ketones is 1. The first-order valence-corrected chi connectivity index (χ1v) is 5.10. The van der Waals surface area contributed by atoms with Crippen LogP contribution in [0.5, 0.6) is 0 Å².